The van der Waals surface area contributed by atoms with E-state index in [9.17, 15) is 8.42 Å². The van der Waals surface area contributed by atoms with Crippen molar-refractivity contribution in [1.29, 1.82) is 5.26 Å². The number of thiazole rings is 1. The Hall–Kier alpha value is -1.62. The first-order valence-electron chi connectivity index (χ1n) is 5.07. The van der Waals surface area contributed by atoms with Gasteiger partial charge in [-0.1, -0.05) is 11.6 Å². The molecule has 8 heteroatoms. The summed E-state index contributed by atoms with van der Waals surface area (Å²) in [6, 6.07) is 5.93. The van der Waals surface area contributed by atoms with Crippen LogP contribution in [0.3, 0.4) is 0 Å². The lowest BCUT2D eigenvalue weighted by Gasteiger charge is -2.07. The Kier molecular flexibility index (Phi) is 3.75. The molecule has 5 nitrogen and oxygen atoms in total. The van der Waals surface area contributed by atoms with Crippen molar-refractivity contribution in [3.8, 4) is 6.07 Å². The highest BCUT2D eigenvalue weighted by Crippen LogP contribution is 2.26. The fourth-order valence-electron chi connectivity index (χ4n) is 1.35. The molecule has 0 radical (unpaired) electrons. The van der Waals surface area contributed by atoms with Crippen LogP contribution in [0, 0.1) is 18.3 Å². The van der Waals surface area contributed by atoms with Crippen LogP contribution < -0.4 is 4.72 Å². The first-order valence-corrected chi connectivity index (χ1v) is 7.81. The highest BCUT2D eigenvalue weighted by molar-refractivity contribution is 7.93. The van der Waals surface area contributed by atoms with Crippen molar-refractivity contribution in [1.82, 2.24) is 4.98 Å². The minimum Gasteiger partial charge on any atom is -0.255 e. The number of anilines is 1. The summed E-state index contributed by atoms with van der Waals surface area (Å²) in [5.41, 5.74) is 0.944. The molecular weight excluding hydrogens is 306 g/mol. The SMILES string of the molecule is Cc1csc(NS(=O)(=O)c2cc(C#N)ccc2Cl)n1. The Bertz CT molecular complexity index is 762. The molecule has 1 heterocycles. The summed E-state index contributed by atoms with van der Waals surface area (Å²) in [6.45, 7) is 1.76. The summed E-state index contributed by atoms with van der Waals surface area (Å²) in [7, 11) is -3.85. The molecule has 0 spiro atoms. The summed E-state index contributed by atoms with van der Waals surface area (Å²) in [4.78, 5) is 3.88. The zero-order valence-electron chi connectivity index (χ0n) is 9.71. The van der Waals surface area contributed by atoms with E-state index in [4.69, 9.17) is 16.9 Å². The first kappa shape index (κ1) is 13.8. The van der Waals surface area contributed by atoms with Crippen LogP contribution in [0.5, 0.6) is 0 Å². The van der Waals surface area contributed by atoms with Gasteiger partial charge in [-0.05, 0) is 25.1 Å². The summed E-state index contributed by atoms with van der Waals surface area (Å²) in [6.07, 6.45) is 0. The van der Waals surface area contributed by atoms with Crippen LogP contribution in [-0.4, -0.2) is 13.4 Å². The second-order valence-electron chi connectivity index (χ2n) is 3.66. The molecule has 2 rings (SSSR count). The number of nitriles is 1. The maximum atomic E-state index is 12.2. The van der Waals surface area contributed by atoms with Gasteiger partial charge in [-0.25, -0.2) is 13.4 Å². The average molecular weight is 314 g/mol. The zero-order valence-corrected chi connectivity index (χ0v) is 12.1. The van der Waals surface area contributed by atoms with Crippen molar-refractivity contribution in [2.45, 2.75) is 11.8 Å². The van der Waals surface area contributed by atoms with Gasteiger partial charge in [0.15, 0.2) is 5.13 Å². The van der Waals surface area contributed by atoms with E-state index < -0.39 is 10.0 Å². The Labute approximate surface area is 119 Å². The smallest absolute Gasteiger partial charge is 0.255 e. The zero-order chi connectivity index (χ0) is 14.0. The molecule has 1 N–H and O–H groups in total. The second kappa shape index (κ2) is 5.17. The van der Waals surface area contributed by atoms with E-state index in [1.807, 2.05) is 6.07 Å². The van der Waals surface area contributed by atoms with Crippen molar-refractivity contribution in [3.63, 3.8) is 0 Å². The van der Waals surface area contributed by atoms with Gasteiger partial charge in [0.05, 0.1) is 22.3 Å². The fraction of sp³-hybridized carbons (Fsp3) is 0.0909. The van der Waals surface area contributed by atoms with E-state index in [2.05, 4.69) is 9.71 Å². The van der Waals surface area contributed by atoms with Gasteiger partial charge in [0.25, 0.3) is 10.0 Å². The van der Waals surface area contributed by atoms with Gasteiger partial charge < -0.3 is 0 Å². The summed E-state index contributed by atoms with van der Waals surface area (Å²) < 4.78 is 26.7. The third-order valence-corrected chi connectivity index (χ3v) is 5.02. The van der Waals surface area contributed by atoms with E-state index in [1.54, 1.807) is 12.3 Å². The molecule has 2 aromatic rings. The maximum absolute atomic E-state index is 12.2. The van der Waals surface area contributed by atoms with Gasteiger partial charge in [0.2, 0.25) is 0 Å². The molecule has 0 aliphatic carbocycles. The minimum absolute atomic E-state index is 0.0554. The summed E-state index contributed by atoms with van der Waals surface area (Å²) in [5.74, 6) is 0. The molecule has 1 aromatic heterocycles. The van der Waals surface area contributed by atoms with E-state index >= 15 is 0 Å². The van der Waals surface area contributed by atoms with Gasteiger partial charge in [-0.3, -0.25) is 4.72 Å². The lowest BCUT2D eigenvalue weighted by atomic mass is 10.2. The van der Waals surface area contributed by atoms with E-state index in [1.165, 1.54) is 29.5 Å². The fourth-order valence-corrected chi connectivity index (χ4v) is 3.82. The number of hydrogen-bond acceptors (Lipinski definition) is 5. The lowest BCUT2D eigenvalue weighted by Crippen LogP contribution is -2.13. The topological polar surface area (TPSA) is 82.9 Å². The predicted molar refractivity (Wildman–Crippen MR) is 73.8 cm³/mol. The van der Waals surface area contributed by atoms with Crippen molar-refractivity contribution >= 4 is 38.1 Å². The van der Waals surface area contributed by atoms with Crippen LogP contribution in [-0.2, 0) is 10.0 Å². The van der Waals surface area contributed by atoms with Gasteiger partial charge in [-0.15, -0.1) is 11.3 Å². The molecule has 0 saturated carbocycles. The van der Waals surface area contributed by atoms with E-state index in [0.29, 0.717) is 0 Å². The number of hydrogen-bond donors (Lipinski definition) is 1. The summed E-state index contributed by atoms with van der Waals surface area (Å²) >= 11 is 7.04. The number of nitrogens with one attached hydrogen (secondary N) is 1. The van der Waals surface area contributed by atoms with Gasteiger partial charge in [-0.2, -0.15) is 5.26 Å². The predicted octanol–water partition coefficient (Wildman–Crippen LogP) is 2.78. The number of aryl methyl sites for hydroxylation is 1. The second-order valence-corrected chi connectivity index (χ2v) is 6.57. The summed E-state index contributed by atoms with van der Waals surface area (Å²) in [5, 5.41) is 10.8. The van der Waals surface area contributed by atoms with Crippen LogP contribution in [0.2, 0.25) is 5.02 Å². The molecule has 0 saturated heterocycles. The van der Waals surface area contributed by atoms with Crippen LogP contribution in [0.4, 0.5) is 5.13 Å². The molecule has 0 unspecified atom stereocenters. The van der Waals surface area contributed by atoms with Crippen LogP contribution >= 0.6 is 22.9 Å². The highest BCUT2D eigenvalue weighted by Gasteiger charge is 2.20. The maximum Gasteiger partial charge on any atom is 0.265 e. The monoisotopic (exact) mass is 313 g/mol. The molecule has 19 heavy (non-hydrogen) atoms. The number of nitrogens with zero attached hydrogens (tertiary/aromatic N) is 2. The molecule has 0 bridgehead atoms. The first-order chi connectivity index (χ1) is 8.92. The Morgan fingerprint density at radius 2 is 2.21 bits per heavy atom. The van der Waals surface area contributed by atoms with E-state index in [-0.39, 0.29) is 20.6 Å². The third-order valence-electron chi connectivity index (χ3n) is 2.19. The van der Waals surface area contributed by atoms with Crippen LogP contribution in [0.15, 0.2) is 28.5 Å². The molecule has 0 atom stereocenters. The molecule has 1 aromatic carbocycles. The number of aromatic nitrogens is 1. The van der Waals surface area contributed by atoms with Crippen molar-refractivity contribution in [3.05, 3.63) is 39.9 Å². The number of rotatable bonds is 3. The van der Waals surface area contributed by atoms with Gasteiger partial charge in [0, 0.05) is 5.38 Å². The molecule has 0 aliphatic heterocycles. The molecule has 0 fully saturated rings. The molecule has 0 aliphatic rings. The van der Waals surface area contributed by atoms with Crippen LogP contribution in [0.1, 0.15) is 11.3 Å². The third kappa shape index (κ3) is 3.04. The average Bonchev–Trinajstić information content (AvgIpc) is 2.74. The number of halogens is 1. The molecule has 0 amide bonds. The van der Waals surface area contributed by atoms with Crippen molar-refractivity contribution in [2.75, 3.05) is 4.72 Å². The standard InChI is InChI=1S/C11H8ClN3O2S2/c1-7-6-18-11(14-7)15-19(16,17)10-4-8(5-13)2-3-9(10)12/h2-4,6H,1H3,(H,14,15). The quantitative estimate of drug-likeness (QED) is 0.944. The minimum atomic E-state index is -3.85. The number of sulfonamides is 1. The Morgan fingerprint density at radius 3 is 2.79 bits per heavy atom. The number of benzene rings is 1. The van der Waals surface area contributed by atoms with Gasteiger partial charge in [0.1, 0.15) is 4.90 Å². The van der Waals surface area contributed by atoms with Gasteiger partial charge >= 0.3 is 0 Å². The van der Waals surface area contributed by atoms with Crippen molar-refractivity contribution in [2.24, 2.45) is 0 Å². The lowest BCUT2D eigenvalue weighted by molar-refractivity contribution is 0.601. The van der Waals surface area contributed by atoms with Crippen LogP contribution in [0.25, 0.3) is 0 Å². The highest BCUT2D eigenvalue weighted by atomic mass is 35.5. The Morgan fingerprint density at radius 1 is 1.47 bits per heavy atom. The van der Waals surface area contributed by atoms with E-state index in [0.717, 1.165) is 5.69 Å². The molecule has 98 valence electrons. The largest absolute Gasteiger partial charge is 0.265 e. The van der Waals surface area contributed by atoms with Crippen molar-refractivity contribution < 1.29 is 8.42 Å². The molecular formula is C11H8ClN3O2S2. The Balaban J connectivity index is 2.42. The normalized spacial score (nSPS) is 11.0.